The molecule has 1 aliphatic rings. The van der Waals surface area contributed by atoms with Gasteiger partial charge in [0.25, 0.3) is 0 Å². The van der Waals surface area contributed by atoms with Crippen LogP contribution in [0.5, 0.6) is 0 Å². The molecule has 0 bridgehead atoms. The predicted molar refractivity (Wildman–Crippen MR) is 128 cm³/mol. The molecule has 5 rings (SSSR count). The van der Waals surface area contributed by atoms with Gasteiger partial charge < -0.3 is 9.32 Å². The Morgan fingerprint density at radius 3 is 2.36 bits per heavy atom. The molecule has 3 aromatic carbocycles. The highest BCUT2D eigenvalue weighted by Crippen LogP contribution is 2.32. The van der Waals surface area contributed by atoms with Gasteiger partial charge in [0.2, 0.25) is 11.8 Å². The summed E-state index contributed by atoms with van der Waals surface area (Å²) in [6, 6.07) is 22.0. The molecule has 2 heterocycles. The number of anilines is 1. The second-order valence-electron chi connectivity index (χ2n) is 8.22. The molecule has 0 spiro atoms. The number of halogens is 2. The Bertz CT molecular complexity index is 1220. The summed E-state index contributed by atoms with van der Waals surface area (Å²) >= 11 is 6.25. The van der Waals surface area contributed by atoms with Crippen molar-refractivity contribution in [2.75, 3.05) is 31.1 Å². The lowest BCUT2D eigenvalue weighted by molar-refractivity contribution is 0.188. The number of hydrogen-bond acceptors (Lipinski definition) is 5. The van der Waals surface area contributed by atoms with Crippen molar-refractivity contribution in [2.45, 2.75) is 13.0 Å². The van der Waals surface area contributed by atoms with Gasteiger partial charge in [-0.05, 0) is 54.4 Å². The van der Waals surface area contributed by atoms with Crippen LogP contribution in [-0.4, -0.2) is 41.3 Å². The molecule has 0 amide bonds. The summed E-state index contributed by atoms with van der Waals surface area (Å²) in [7, 11) is 0. The Hall–Kier alpha value is -3.22. The van der Waals surface area contributed by atoms with Crippen molar-refractivity contribution < 1.29 is 8.81 Å². The molecular formula is C26H24ClFN4O. The maximum atomic E-state index is 13.6. The Morgan fingerprint density at radius 1 is 0.909 bits per heavy atom. The van der Waals surface area contributed by atoms with E-state index in [1.165, 1.54) is 17.7 Å². The first-order valence-electron chi connectivity index (χ1n) is 11.0. The number of benzene rings is 3. The Balaban J connectivity index is 1.42. The number of rotatable bonds is 5. The van der Waals surface area contributed by atoms with Gasteiger partial charge in [-0.15, -0.1) is 10.2 Å². The molecule has 1 aromatic heterocycles. The Kier molecular flexibility index (Phi) is 6.11. The predicted octanol–water partition coefficient (Wildman–Crippen LogP) is 5.75. The van der Waals surface area contributed by atoms with Gasteiger partial charge in [-0.25, -0.2) is 4.39 Å². The fourth-order valence-corrected chi connectivity index (χ4v) is 4.51. The van der Waals surface area contributed by atoms with Crippen LogP contribution in [0.2, 0.25) is 5.02 Å². The molecule has 33 heavy (non-hydrogen) atoms. The second kappa shape index (κ2) is 9.33. The lowest BCUT2D eigenvalue weighted by atomic mass is 10.0. The van der Waals surface area contributed by atoms with Crippen LogP contribution in [0.1, 0.15) is 23.1 Å². The summed E-state index contributed by atoms with van der Waals surface area (Å²) in [6.45, 7) is 5.34. The number of aryl methyl sites for hydroxylation is 1. The highest BCUT2D eigenvalue weighted by molar-refractivity contribution is 6.30. The van der Waals surface area contributed by atoms with Crippen LogP contribution in [0.3, 0.4) is 0 Å². The highest BCUT2D eigenvalue weighted by atomic mass is 35.5. The SMILES string of the molecule is Cc1ccc(Cl)cc1N1CCN([C@@H](c2ccc(F)cc2)c2nnc(-c3ccccc3)o2)CC1. The monoisotopic (exact) mass is 462 g/mol. The van der Waals surface area contributed by atoms with Gasteiger partial charge in [0.1, 0.15) is 11.9 Å². The van der Waals surface area contributed by atoms with Crippen molar-refractivity contribution in [3.8, 4) is 11.5 Å². The zero-order valence-corrected chi connectivity index (χ0v) is 19.0. The van der Waals surface area contributed by atoms with E-state index in [9.17, 15) is 4.39 Å². The van der Waals surface area contributed by atoms with Crippen LogP contribution in [0.4, 0.5) is 10.1 Å². The van der Waals surface area contributed by atoms with Gasteiger partial charge in [-0.2, -0.15) is 0 Å². The van der Waals surface area contributed by atoms with E-state index in [4.69, 9.17) is 16.0 Å². The zero-order valence-electron chi connectivity index (χ0n) is 18.3. The molecule has 5 nitrogen and oxygen atoms in total. The summed E-state index contributed by atoms with van der Waals surface area (Å²) in [5.41, 5.74) is 4.15. The van der Waals surface area contributed by atoms with Crippen LogP contribution in [0.25, 0.3) is 11.5 Å². The van der Waals surface area contributed by atoms with Crippen molar-refractivity contribution in [3.05, 3.63) is 101 Å². The molecular weight excluding hydrogens is 439 g/mol. The zero-order chi connectivity index (χ0) is 22.8. The molecule has 0 radical (unpaired) electrons. The van der Waals surface area contributed by atoms with Gasteiger partial charge in [0, 0.05) is 42.5 Å². The van der Waals surface area contributed by atoms with E-state index in [0.29, 0.717) is 11.8 Å². The number of piperazine rings is 1. The van der Waals surface area contributed by atoms with Crippen molar-refractivity contribution in [1.82, 2.24) is 15.1 Å². The Morgan fingerprint density at radius 2 is 1.64 bits per heavy atom. The molecule has 1 saturated heterocycles. The quantitative estimate of drug-likeness (QED) is 0.378. The number of hydrogen-bond donors (Lipinski definition) is 0. The minimum atomic E-state index is -0.269. The van der Waals surface area contributed by atoms with Gasteiger partial charge in [0.15, 0.2) is 0 Å². The molecule has 0 saturated carbocycles. The maximum absolute atomic E-state index is 13.6. The lowest BCUT2D eigenvalue weighted by Crippen LogP contribution is -2.48. The summed E-state index contributed by atoms with van der Waals surface area (Å²) in [4.78, 5) is 4.66. The first kappa shape index (κ1) is 21.6. The smallest absolute Gasteiger partial charge is 0.247 e. The topological polar surface area (TPSA) is 45.4 Å². The normalized spacial score (nSPS) is 15.5. The summed E-state index contributed by atoms with van der Waals surface area (Å²) in [5, 5.41) is 9.41. The first-order chi connectivity index (χ1) is 16.1. The van der Waals surface area contributed by atoms with Crippen molar-refractivity contribution in [3.63, 3.8) is 0 Å². The van der Waals surface area contributed by atoms with Crippen molar-refractivity contribution >= 4 is 17.3 Å². The average molecular weight is 463 g/mol. The number of aromatic nitrogens is 2. The summed E-state index contributed by atoms with van der Waals surface area (Å²) in [6.07, 6.45) is 0. The van der Waals surface area contributed by atoms with Gasteiger partial charge in [-0.3, -0.25) is 4.90 Å². The molecule has 0 N–H and O–H groups in total. The summed E-state index contributed by atoms with van der Waals surface area (Å²) in [5.74, 6) is 0.716. The van der Waals surface area contributed by atoms with Crippen LogP contribution in [0.15, 0.2) is 77.2 Å². The fraction of sp³-hybridized carbons (Fsp3) is 0.231. The van der Waals surface area contributed by atoms with E-state index < -0.39 is 0 Å². The van der Waals surface area contributed by atoms with Crippen molar-refractivity contribution in [1.29, 1.82) is 0 Å². The van der Waals surface area contributed by atoms with Crippen LogP contribution in [0, 0.1) is 12.7 Å². The third-order valence-electron chi connectivity index (χ3n) is 6.07. The Labute approximate surface area is 197 Å². The summed E-state index contributed by atoms with van der Waals surface area (Å²) < 4.78 is 19.8. The van der Waals surface area contributed by atoms with Crippen LogP contribution in [-0.2, 0) is 0 Å². The molecule has 1 aliphatic heterocycles. The minimum absolute atomic E-state index is 0.252. The minimum Gasteiger partial charge on any atom is -0.419 e. The second-order valence-corrected chi connectivity index (χ2v) is 8.66. The van der Waals surface area contributed by atoms with Crippen LogP contribution < -0.4 is 4.90 Å². The highest BCUT2D eigenvalue weighted by Gasteiger charge is 2.31. The molecule has 1 fully saturated rings. The molecule has 0 aliphatic carbocycles. The molecule has 7 heteroatoms. The number of nitrogens with zero attached hydrogens (tertiary/aromatic N) is 4. The molecule has 168 valence electrons. The van der Waals surface area contributed by atoms with Gasteiger partial charge in [-0.1, -0.05) is 48.0 Å². The largest absolute Gasteiger partial charge is 0.419 e. The van der Waals surface area contributed by atoms with E-state index >= 15 is 0 Å². The van der Waals surface area contributed by atoms with E-state index in [1.807, 2.05) is 42.5 Å². The third kappa shape index (κ3) is 4.63. The first-order valence-corrected chi connectivity index (χ1v) is 11.4. The van der Waals surface area contributed by atoms with Crippen molar-refractivity contribution in [2.24, 2.45) is 0 Å². The third-order valence-corrected chi connectivity index (χ3v) is 6.31. The van der Waals surface area contributed by atoms with E-state index in [2.05, 4.69) is 33.0 Å². The van der Waals surface area contributed by atoms with E-state index in [0.717, 1.165) is 48.0 Å². The van der Waals surface area contributed by atoms with E-state index in [1.54, 1.807) is 12.1 Å². The lowest BCUT2D eigenvalue weighted by Gasteiger charge is -2.39. The molecule has 1 atom stereocenters. The van der Waals surface area contributed by atoms with E-state index in [-0.39, 0.29) is 11.9 Å². The standard InChI is InChI=1S/C26H24ClFN4O/c1-18-7-10-21(27)17-23(18)31-13-15-32(16-14-31)24(19-8-11-22(28)12-9-19)26-30-29-25(33-26)20-5-3-2-4-6-20/h2-12,17,24H,13-16H2,1H3/t24-/m0/s1. The average Bonchev–Trinajstić information content (AvgIpc) is 3.33. The molecule has 0 unspecified atom stereocenters. The maximum Gasteiger partial charge on any atom is 0.247 e. The molecule has 4 aromatic rings. The fourth-order valence-electron chi connectivity index (χ4n) is 4.34. The van der Waals surface area contributed by atoms with Gasteiger partial charge in [0.05, 0.1) is 0 Å². The van der Waals surface area contributed by atoms with Crippen LogP contribution >= 0.6 is 11.6 Å². The van der Waals surface area contributed by atoms with Gasteiger partial charge >= 0.3 is 0 Å².